The molecule has 0 amide bonds. The standard InChI is InChI=1S/C15H17NO4/c1-10-11(8-14(20-10)15(17)18)9-16(2)12-4-6-13(19-3)7-5-12/h4-8H,9H2,1-3H3,(H,17,18). The summed E-state index contributed by atoms with van der Waals surface area (Å²) in [6.07, 6.45) is 0. The highest BCUT2D eigenvalue weighted by molar-refractivity contribution is 5.84. The second-order valence-corrected chi connectivity index (χ2v) is 4.55. The minimum Gasteiger partial charge on any atom is -0.497 e. The fraction of sp³-hybridized carbons (Fsp3) is 0.267. The topological polar surface area (TPSA) is 62.9 Å². The average molecular weight is 275 g/mol. The van der Waals surface area contributed by atoms with Crippen LogP contribution < -0.4 is 9.64 Å². The number of carboxylic acids is 1. The molecule has 0 radical (unpaired) electrons. The Morgan fingerprint density at radius 3 is 2.50 bits per heavy atom. The number of nitrogens with zero attached hydrogens (tertiary/aromatic N) is 1. The summed E-state index contributed by atoms with van der Waals surface area (Å²) >= 11 is 0. The van der Waals surface area contributed by atoms with E-state index in [2.05, 4.69) is 0 Å². The molecule has 0 fully saturated rings. The van der Waals surface area contributed by atoms with Crippen molar-refractivity contribution in [2.24, 2.45) is 0 Å². The molecule has 0 aliphatic heterocycles. The smallest absolute Gasteiger partial charge is 0.371 e. The maximum atomic E-state index is 10.9. The van der Waals surface area contributed by atoms with Crippen LogP contribution in [0.25, 0.3) is 0 Å². The first kappa shape index (κ1) is 14.0. The molecule has 5 nitrogen and oxygen atoms in total. The summed E-state index contributed by atoms with van der Waals surface area (Å²) in [4.78, 5) is 12.9. The maximum Gasteiger partial charge on any atom is 0.371 e. The molecule has 1 N–H and O–H groups in total. The highest BCUT2D eigenvalue weighted by Crippen LogP contribution is 2.22. The van der Waals surface area contributed by atoms with Gasteiger partial charge in [-0.25, -0.2) is 4.79 Å². The van der Waals surface area contributed by atoms with Gasteiger partial charge in [-0.3, -0.25) is 0 Å². The molecule has 2 rings (SSSR count). The Labute approximate surface area is 117 Å². The summed E-state index contributed by atoms with van der Waals surface area (Å²) in [5.74, 6) is 0.352. The number of ether oxygens (including phenoxy) is 1. The summed E-state index contributed by atoms with van der Waals surface area (Å²) in [5, 5.41) is 8.91. The van der Waals surface area contributed by atoms with Gasteiger partial charge in [0.2, 0.25) is 5.76 Å². The van der Waals surface area contributed by atoms with E-state index in [9.17, 15) is 4.79 Å². The number of carbonyl (C=O) groups is 1. The lowest BCUT2D eigenvalue weighted by Crippen LogP contribution is -2.16. The Kier molecular flexibility index (Phi) is 3.98. The predicted octanol–water partition coefficient (Wildman–Crippen LogP) is 2.93. The Morgan fingerprint density at radius 2 is 2.00 bits per heavy atom. The molecule has 0 spiro atoms. The summed E-state index contributed by atoms with van der Waals surface area (Å²) in [6, 6.07) is 9.24. The number of anilines is 1. The molecule has 0 saturated carbocycles. The fourth-order valence-corrected chi connectivity index (χ4v) is 1.97. The van der Waals surface area contributed by atoms with Gasteiger partial charge < -0.3 is 19.2 Å². The Bertz CT molecular complexity index is 601. The van der Waals surface area contributed by atoms with Crippen molar-refractivity contribution >= 4 is 11.7 Å². The van der Waals surface area contributed by atoms with Crippen molar-refractivity contribution < 1.29 is 19.1 Å². The molecule has 0 saturated heterocycles. The van der Waals surface area contributed by atoms with E-state index in [0.29, 0.717) is 12.3 Å². The van der Waals surface area contributed by atoms with Crippen molar-refractivity contribution in [3.8, 4) is 5.75 Å². The van der Waals surface area contributed by atoms with E-state index >= 15 is 0 Å². The lowest BCUT2D eigenvalue weighted by molar-refractivity contribution is 0.0661. The Hall–Kier alpha value is -2.43. The van der Waals surface area contributed by atoms with Crippen molar-refractivity contribution in [3.63, 3.8) is 0 Å². The summed E-state index contributed by atoms with van der Waals surface area (Å²) in [7, 11) is 3.57. The fourth-order valence-electron chi connectivity index (χ4n) is 1.97. The zero-order valence-corrected chi connectivity index (χ0v) is 11.7. The van der Waals surface area contributed by atoms with E-state index in [1.165, 1.54) is 0 Å². The molecule has 20 heavy (non-hydrogen) atoms. The monoisotopic (exact) mass is 275 g/mol. The number of rotatable bonds is 5. The third-order valence-electron chi connectivity index (χ3n) is 3.15. The van der Waals surface area contributed by atoms with Gasteiger partial charge in [0.05, 0.1) is 7.11 Å². The van der Waals surface area contributed by atoms with E-state index in [1.807, 2.05) is 36.2 Å². The van der Waals surface area contributed by atoms with E-state index in [0.717, 1.165) is 17.0 Å². The van der Waals surface area contributed by atoms with Crippen LogP contribution in [0.1, 0.15) is 21.9 Å². The first-order chi connectivity index (χ1) is 9.51. The number of benzene rings is 1. The first-order valence-electron chi connectivity index (χ1n) is 6.19. The molecule has 0 bridgehead atoms. The molecule has 0 aliphatic rings. The van der Waals surface area contributed by atoms with E-state index in [1.54, 1.807) is 20.1 Å². The third kappa shape index (κ3) is 2.93. The Balaban J connectivity index is 2.14. The van der Waals surface area contributed by atoms with E-state index < -0.39 is 5.97 Å². The van der Waals surface area contributed by atoms with Gasteiger partial charge in [-0.1, -0.05) is 0 Å². The van der Waals surface area contributed by atoms with Crippen molar-refractivity contribution in [2.45, 2.75) is 13.5 Å². The molecule has 2 aromatic rings. The number of hydrogen-bond acceptors (Lipinski definition) is 4. The number of aromatic carboxylic acids is 1. The van der Waals surface area contributed by atoms with Gasteiger partial charge in [-0.15, -0.1) is 0 Å². The van der Waals surface area contributed by atoms with E-state index in [4.69, 9.17) is 14.3 Å². The average Bonchev–Trinajstić information content (AvgIpc) is 2.80. The number of aryl methyl sites for hydroxylation is 1. The molecular formula is C15H17NO4. The second kappa shape index (κ2) is 5.69. The summed E-state index contributed by atoms with van der Waals surface area (Å²) < 4.78 is 10.3. The van der Waals surface area contributed by atoms with Crippen molar-refractivity contribution in [2.75, 3.05) is 19.1 Å². The second-order valence-electron chi connectivity index (χ2n) is 4.55. The highest BCUT2D eigenvalue weighted by atomic mass is 16.5. The van der Waals surface area contributed by atoms with Gasteiger partial charge >= 0.3 is 5.97 Å². The van der Waals surface area contributed by atoms with Crippen LogP contribution in [0.2, 0.25) is 0 Å². The minimum absolute atomic E-state index is 0.0272. The van der Waals surface area contributed by atoms with Crippen LogP contribution in [-0.4, -0.2) is 25.2 Å². The first-order valence-corrected chi connectivity index (χ1v) is 6.19. The zero-order valence-electron chi connectivity index (χ0n) is 11.7. The van der Waals surface area contributed by atoms with E-state index in [-0.39, 0.29) is 5.76 Å². The highest BCUT2D eigenvalue weighted by Gasteiger charge is 2.14. The molecule has 1 heterocycles. The van der Waals surface area contributed by atoms with Crippen LogP contribution in [0.15, 0.2) is 34.7 Å². The van der Waals surface area contributed by atoms with Crippen molar-refractivity contribution in [1.29, 1.82) is 0 Å². The van der Waals surface area contributed by atoms with Crippen LogP contribution in [0, 0.1) is 6.92 Å². The lowest BCUT2D eigenvalue weighted by Gasteiger charge is -2.19. The van der Waals surface area contributed by atoms with Crippen LogP contribution in [0.4, 0.5) is 5.69 Å². The Morgan fingerprint density at radius 1 is 1.35 bits per heavy atom. The van der Waals surface area contributed by atoms with Gasteiger partial charge in [-0.2, -0.15) is 0 Å². The molecule has 0 aliphatic carbocycles. The van der Waals surface area contributed by atoms with Gasteiger partial charge in [-0.05, 0) is 37.3 Å². The normalized spacial score (nSPS) is 10.3. The molecule has 5 heteroatoms. The quantitative estimate of drug-likeness (QED) is 0.909. The molecule has 1 aromatic heterocycles. The summed E-state index contributed by atoms with van der Waals surface area (Å²) in [5.41, 5.74) is 1.88. The van der Waals surface area contributed by atoms with Crippen LogP contribution >= 0.6 is 0 Å². The number of carboxylic acid groups (broad SMARTS) is 1. The molecule has 0 unspecified atom stereocenters. The van der Waals surface area contributed by atoms with Gasteiger partial charge in [0.25, 0.3) is 0 Å². The molecule has 0 atom stereocenters. The van der Waals surface area contributed by atoms with Crippen molar-refractivity contribution in [3.05, 3.63) is 47.4 Å². The van der Waals surface area contributed by atoms with Crippen LogP contribution in [0.5, 0.6) is 5.75 Å². The molecule has 106 valence electrons. The summed E-state index contributed by atoms with van der Waals surface area (Å²) in [6.45, 7) is 2.35. The largest absolute Gasteiger partial charge is 0.497 e. The van der Waals surface area contributed by atoms with Gasteiger partial charge in [0.15, 0.2) is 0 Å². The lowest BCUT2D eigenvalue weighted by atomic mass is 10.2. The van der Waals surface area contributed by atoms with Gasteiger partial charge in [0, 0.05) is 24.8 Å². The maximum absolute atomic E-state index is 10.9. The predicted molar refractivity (Wildman–Crippen MR) is 75.5 cm³/mol. The zero-order chi connectivity index (χ0) is 14.7. The number of furan rings is 1. The van der Waals surface area contributed by atoms with Gasteiger partial charge in [0.1, 0.15) is 11.5 Å². The minimum atomic E-state index is -1.05. The van der Waals surface area contributed by atoms with Crippen LogP contribution in [-0.2, 0) is 6.54 Å². The van der Waals surface area contributed by atoms with Crippen LogP contribution in [0.3, 0.4) is 0 Å². The van der Waals surface area contributed by atoms with Crippen molar-refractivity contribution in [1.82, 2.24) is 0 Å². The molecule has 1 aromatic carbocycles. The number of methoxy groups -OCH3 is 1. The SMILES string of the molecule is COc1ccc(N(C)Cc2cc(C(=O)O)oc2C)cc1. The third-order valence-corrected chi connectivity index (χ3v) is 3.15. The molecular weight excluding hydrogens is 258 g/mol. The number of hydrogen-bond donors (Lipinski definition) is 1.